The van der Waals surface area contributed by atoms with Crippen LogP contribution in [0.1, 0.15) is 30.3 Å². The summed E-state index contributed by atoms with van der Waals surface area (Å²) in [4.78, 5) is 12.4. The molecular weight excluding hydrogens is 258 g/mol. The second kappa shape index (κ2) is 4.74. The second-order valence-corrected chi connectivity index (χ2v) is 5.82. The summed E-state index contributed by atoms with van der Waals surface area (Å²) < 4.78 is 0. The molecule has 2 aromatic rings. The Bertz CT molecular complexity index is 590. The lowest BCUT2D eigenvalue weighted by molar-refractivity contribution is -0.118. The summed E-state index contributed by atoms with van der Waals surface area (Å²) in [6.07, 6.45) is 2.65. The number of carbonyl (C=O) groups excluding carboxylic acids is 1. The lowest BCUT2D eigenvalue weighted by Gasteiger charge is -2.13. The molecule has 1 aromatic carbocycles. The molecule has 1 aliphatic carbocycles. The van der Waals surface area contributed by atoms with Crippen LogP contribution in [0, 0.1) is 0 Å². The summed E-state index contributed by atoms with van der Waals surface area (Å²) >= 11 is 1.45. The Balaban J connectivity index is 1.77. The molecule has 0 saturated heterocycles. The summed E-state index contributed by atoms with van der Waals surface area (Å²) in [6, 6.07) is 9.95. The SMILES string of the molecule is CCc1nnc(NC(=O)C2(c3ccccc3)CC2)s1. The standard InChI is InChI=1S/C14H15N3OS/c1-2-11-16-17-13(19-11)15-12(18)14(8-9-14)10-6-4-3-5-7-10/h3-7H,2,8-9H2,1H3,(H,15,17,18). The van der Waals surface area contributed by atoms with Gasteiger partial charge in [-0.3, -0.25) is 10.1 Å². The Morgan fingerprint density at radius 3 is 2.63 bits per heavy atom. The van der Waals surface area contributed by atoms with Crippen LogP contribution in [0.2, 0.25) is 0 Å². The van der Waals surface area contributed by atoms with E-state index >= 15 is 0 Å². The monoisotopic (exact) mass is 273 g/mol. The first kappa shape index (κ1) is 12.3. The van der Waals surface area contributed by atoms with Crippen molar-refractivity contribution in [1.82, 2.24) is 10.2 Å². The quantitative estimate of drug-likeness (QED) is 0.932. The Labute approximate surface area is 115 Å². The average Bonchev–Trinajstić information content (AvgIpc) is 3.15. The number of amides is 1. The van der Waals surface area contributed by atoms with E-state index in [4.69, 9.17) is 0 Å². The summed E-state index contributed by atoms with van der Waals surface area (Å²) in [7, 11) is 0. The minimum atomic E-state index is -0.348. The van der Waals surface area contributed by atoms with Crippen molar-refractivity contribution in [2.24, 2.45) is 0 Å². The molecule has 98 valence electrons. The van der Waals surface area contributed by atoms with Gasteiger partial charge in [0.05, 0.1) is 5.41 Å². The van der Waals surface area contributed by atoms with Gasteiger partial charge in [-0.1, -0.05) is 48.6 Å². The van der Waals surface area contributed by atoms with Crippen molar-refractivity contribution < 1.29 is 4.79 Å². The molecule has 1 heterocycles. The highest BCUT2D eigenvalue weighted by Crippen LogP contribution is 2.48. The lowest BCUT2D eigenvalue weighted by Crippen LogP contribution is -2.27. The number of benzene rings is 1. The molecule has 1 amide bonds. The van der Waals surface area contributed by atoms with Crippen LogP contribution in [-0.4, -0.2) is 16.1 Å². The summed E-state index contributed by atoms with van der Waals surface area (Å²) in [5.41, 5.74) is 0.743. The first-order valence-electron chi connectivity index (χ1n) is 6.44. The van der Waals surface area contributed by atoms with Crippen LogP contribution in [0.15, 0.2) is 30.3 Å². The van der Waals surface area contributed by atoms with E-state index < -0.39 is 0 Å². The van der Waals surface area contributed by atoms with Gasteiger partial charge in [0.15, 0.2) is 0 Å². The molecule has 1 fully saturated rings. The zero-order valence-electron chi connectivity index (χ0n) is 10.7. The molecule has 0 unspecified atom stereocenters. The Kier molecular flexibility index (Phi) is 3.06. The smallest absolute Gasteiger partial charge is 0.236 e. The van der Waals surface area contributed by atoms with Crippen LogP contribution in [0.5, 0.6) is 0 Å². The second-order valence-electron chi connectivity index (χ2n) is 4.76. The molecule has 19 heavy (non-hydrogen) atoms. The third-order valence-corrected chi connectivity index (χ3v) is 4.48. The van der Waals surface area contributed by atoms with Gasteiger partial charge in [-0.2, -0.15) is 0 Å². The molecule has 0 spiro atoms. The predicted octanol–water partition coefficient (Wildman–Crippen LogP) is 2.77. The number of nitrogens with one attached hydrogen (secondary N) is 1. The zero-order chi connectivity index (χ0) is 13.3. The van der Waals surface area contributed by atoms with Crippen LogP contribution in [-0.2, 0) is 16.6 Å². The highest BCUT2D eigenvalue weighted by atomic mass is 32.1. The molecule has 0 bridgehead atoms. The van der Waals surface area contributed by atoms with Gasteiger partial charge in [0.2, 0.25) is 11.0 Å². The van der Waals surface area contributed by atoms with Gasteiger partial charge >= 0.3 is 0 Å². The number of rotatable bonds is 4. The van der Waals surface area contributed by atoms with E-state index in [0.29, 0.717) is 5.13 Å². The van der Waals surface area contributed by atoms with Crippen molar-refractivity contribution in [3.8, 4) is 0 Å². The van der Waals surface area contributed by atoms with Crippen LogP contribution in [0.25, 0.3) is 0 Å². The van der Waals surface area contributed by atoms with E-state index in [1.54, 1.807) is 0 Å². The minimum absolute atomic E-state index is 0.0394. The summed E-state index contributed by atoms with van der Waals surface area (Å²) in [6.45, 7) is 2.03. The van der Waals surface area contributed by atoms with Gasteiger partial charge in [-0.05, 0) is 24.8 Å². The van der Waals surface area contributed by atoms with Crippen molar-refractivity contribution in [1.29, 1.82) is 0 Å². The third-order valence-electron chi connectivity index (χ3n) is 3.50. The Morgan fingerprint density at radius 2 is 2.05 bits per heavy atom. The Morgan fingerprint density at radius 1 is 1.32 bits per heavy atom. The van der Waals surface area contributed by atoms with Gasteiger partial charge in [0, 0.05) is 0 Å². The third kappa shape index (κ3) is 2.26. The van der Waals surface area contributed by atoms with Crippen molar-refractivity contribution in [2.45, 2.75) is 31.6 Å². The molecule has 1 saturated carbocycles. The first-order chi connectivity index (χ1) is 9.24. The van der Waals surface area contributed by atoms with Crippen LogP contribution >= 0.6 is 11.3 Å². The number of aromatic nitrogens is 2. The van der Waals surface area contributed by atoms with Gasteiger partial charge in [-0.15, -0.1) is 10.2 Å². The van der Waals surface area contributed by atoms with E-state index in [9.17, 15) is 4.79 Å². The van der Waals surface area contributed by atoms with Crippen molar-refractivity contribution in [3.05, 3.63) is 40.9 Å². The normalized spacial score (nSPS) is 16.1. The van der Waals surface area contributed by atoms with E-state index in [1.807, 2.05) is 37.3 Å². The molecule has 3 rings (SSSR count). The number of carbonyl (C=O) groups is 1. The summed E-state index contributed by atoms with van der Waals surface area (Å²) in [5, 5.41) is 12.5. The molecule has 1 aromatic heterocycles. The van der Waals surface area contributed by atoms with Gasteiger partial charge in [0.25, 0.3) is 0 Å². The minimum Gasteiger partial charge on any atom is -0.300 e. The molecule has 1 N–H and O–H groups in total. The molecule has 1 aliphatic rings. The first-order valence-corrected chi connectivity index (χ1v) is 7.25. The van der Waals surface area contributed by atoms with Gasteiger partial charge < -0.3 is 0 Å². The van der Waals surface area contributed by atoms with Gasteiger partial charge in [-0.25, -0.2) is 0 Å². The van der Waals surface area contributed by atoms with E-state index in [2.05, 4.69) is 15.5 Å². The van der Waals surface area contributed by atoms with Crippen molar-refractivity contribution >= 4 is 22.4 Å². The molecular formula is C14H15N3OS. The highest BCUT2D eigenvalue weighted by molar-refractivity contribution is 7.15. The average molecular weight is 273 g/mol. The predicted molar refractivity (Wildman–Crippen MR) is 75.3 cm³/mol. The molecule has 0 atom stereocenters. The largest absolute Gasteiger partial charge is 0.300 e. The lowest BCUT2D eigenvalue weighted by atomic mass is 9.95. The maximum atomic E-state index is 12.4. The fraction of sp³-hybridized carbons (Fsp3) is 0.357. The van der Waals surface area contributed by atoms with E-state index in [-0.39, 0.29) is 11.3 Å². The molecule has 5 heteroatoms. The number of aryl methyl sites for hydroxylation is 1. The fourth-order valence-corrected chi connectivity index (χ4v) is 2.87. The number of anilines is 1. The van der Waals surface area contributed by atoms with Gasteiger partial charge in [0.1, 0.15) is 5.01 Å². The maximum absolute atomic E-state index is 12.4. The van der Waals surface area contributed by atoms with Crippen LogP contribution < -0.4 is 5.32 Å². The Hall–Kier alpha value is -1.75. The zero-order valence-corrected chi connectivity index (χ0v) is 11.5. The van der Waals surface area contributed by atoms with Crippen molar-refractivity contribution in [2.75, 3.05) is 5.32 Å². The molecule has 4 nitrogen and oxygen atoms in total. The molecule has 0 aliphatic heterocycles. The topological polar surface area (TPSA) is 54.9 Å². The number of nitrogens with zero attached hydrogens (tertiary/aromatic N) is 2. The van der Waals surface area contributed by atoms with E-state index in [0.717, 1.165) is 29.8 Å². The van der Waals surface area contributed by atoms with Crippen molar-refractivity contribution in [3.63, 3.8) is 0 Å². The highest BCUT2D eigenvalue weighted by Gasteiger charge is 2.51. The van der Waals surface area contributed by atoms with Crippen LogP contribution in [0.3, 0.4) is 0 Å². The molecule has 0 radical (unpaired) electrons. The van der Waals surface area contributed by atoms with Crippen LogP contribution in [0.4, 0.5) is 5.13 Å². The fourth-order valence-electron chi connectivity index (χ4n) is 2.19. The maximum Gasteiger partial charge on any atom is 0.236 e. The van der Waals surface area contributed by atoms with E-state index in [1.165, 1.54) is 11.3 Å². The summed E-state index contributed by atoms with van der Waals surface area (Å²) in [5.74, 6) is 0.0394. The number of hydrogen-bond donors (Lipinski definition) is 1. The number of hydrogen-bond acceptors (Lipinski definition) is 4.